The van der Waals surface area contributed by atoms with E-state index in [9.17, 15) is 34.5 Å². The van der Waals surface area contributed by atoms with Gasteiger partial charge in [0.1, 0.15) is 28.5 Å². The van der Waals surface area contributed by atoms with Crippen molar-refractivity contribution >= 4 is 81.1 Å². The SMILES string of the molecule is CC(C)(O/N=C(\C(=O)NC1C(=O)N2C(C(=O)[O-])=C(CSc3nc(N)cc(N)[n+]3-c3ccc(O)cc3)CSC12)c1csc(N)n1)C(=O)O. The number of carboxylic acid groups (broad SMARTS) is 2. The molecule has 47 heavy (non-hydrogen) atoms. The Morgan fingerprint density at radius 1 is 1.23 bits per heavy atom. The number of nitrogens with two attached hydrogens (primary N) is 3. The maximum absolute atomic E-state index is 13.3. The van der Waals surface area contributed by atoms with Gasteiger partial charge in [-0.15, -0.1) is 23.1 Å². The van der Waals surface area contributed by atoms with Crippen molar-refractivity contribution in [1.82, 2.24) is 20.2 Å². The molecular weight excluding hydrogens is 675 g/mol. The molecule has 0 aliphatic carbocycles. The largest absolute Gasteiger partial charge is 0.543 e. The number of carboxylic acids is 2. The van der Waals surface area contributed by atoms with E-state index in [0.717, 1.165) is 28.0 Å². The normalized spacial score (nSPS) is 18.0. The van der Waals surface area contributed by atoms with Crippen molar-refractivity contribution in [1.29, 1.82) is 0 Å². The Morgan fingerprint density at radius 3 is 2.55 bits per heavy atom. The molecule has 2 aromatic heterocycles. The minimum absolute atomic E-state index is 0.0129. The molecule has 0 bridgehead atoms. The summed E-state index contributed by atoms with van der Waals surface area (Å²) < 4.78 is 1.58. The number of β-lactam (4-membered cyclic amide) rings is 1. The van der Waals surface area contributed by atoms with Crippen LogP contribution in [0.3, 0.4) is 0 Å². The number of carbonyl (C=O) groups is 4. The number of anilines is 3. The number of rotatable bonds is 11. The first-order valence-electron chi connectivity index (χ1n) is 13.5. The molecule has 2 amide bonds. The molecule has 1 saturated heterocycles. The van der Waals surface area contributed by atoms with Crippen LogP contribution >= 0.6 is 34.9 Å². The van der Waals surface area contributed by atoms with Gasteiger partial charge >= 0.3 is 11.1 Å². The molecule has 2 aliphatic heterocycles. The van der Waals surface area contributed by atoms with E-state index in [-0.39, 0.29) is 45.4 Å². The van der Waals surface area contributed by atoms with Crippen molar-refractivity contribution in [2.45, 2.75) is 36.0 Å². The van der Waals surface area contributed by atoms with E-state index in [4.69, 9.17) is 22.0 Å². The number of amides is 2. The van der Waals surface area contributed by atoms with E-state index < -0.39 is 46.5 Å². The third-order valence-electron chi connectivity index (χ3n) is 6.84. The average Bonchev–Trinajstić information content (AvgIpc) is 3.44. The fourth-order valence-corrected chi connectivity index (χ4v) is 7.50. The maximum Gasteiger partial charge on any atom is 0.350 e. The van der Waals surface area contributed by atoms with Crippen LogP contribution in [0.5, 0.6) is 5.75 Å². The Morgan fingerprint density at radius 2 is 1.94 bits per heavy atom. The van der Waals surface area contributed by atoms with E-state index in [1.54, 1.807) is 16.7 Å². The van der Waals surface area contributed by atoms with E-state index in [0.29, 0.717) is 16.4 Å². The second-order valence-electron chi connectivity index (χ2n) is 10.5. The van der Waals surface area contributed by atoms with Crippen molar-refractivity contribution in [3.63, 3.8) is 0 Å². The zero-order valence-corrected chi connectivity index (χ0v) is 27.0. The van der Waals surface area contributed by atoms with Crippen LogP contribution < -0.4 is 32.2 Å². The molecule has 246 valence electrons. The van der Waals surface area contributed by atoms with E-state index in [1.165, 1.54) is 49.2 Å². The number of nitrogens with zero attached hydrogens (tertiary/aromatic N) is 5. The number of aliphatic carboxylic acids is 2. The standard InChI is InChI=1S/C27H27N9O8S3/c1-27(2,24(42)43)44-34-17(14-10-46-25(30)31-14)20(38)33-18-21(39)36-19(23(40)41)11(8-45-22(18)36)9-47-26-32-15(28)7-16(29)35(26)12-3-5-13(37)6-4-12/h3-7,10,18,22H,8-9H2,1-2H3,(H9,28,29,30,31,33,37,38,40,41,42,43)/b34-17-. The van der Waals surface area contributed by atoms with Crippen molar-refractivity contribution in [3.05, 3.63) is 52.7 Å². The number of aromatic nitrogens is 3. The lowest BCUT2D eigenvalue weighted by Crippen LogP contribution is -2.71. The Bertz CT molecular complexity index is 1840. The van der Waals surface area contributed by atoms with Gasteiger partial charge in [0, 0.05) is 16.9 Å². The third-order valence-corrected chi connectivity index (χ3v) is 9.88. The molecule has 1 aromatic carbocycles. The predicted molar refractivity (Wildman–Crippen MR) is 170 cm³/mol. The second kappa shape index (κ2) is 13.0. The van der Waals surface area contributed by atoms with Crippen molar-refractivity contribution in [3.8, 4) is 11.4 Å². The summed E-state index contributed by atoms with van der Waals surface area (Å²) in [4.78, 5) is 64.9. The molecule has 0 saturated carbocycles. The molecular formula is C27H27N9O8S3. The van der Waals surface area contributed by atoms with Gasteiger partial charge in [-0.25, -0.2) is 9.78 Å². The van der Waals surface area contributed by atoms with Crippen LogP contribution in [0.2, 0.25) is 0 Å². The van der Waals surface area contributed by atoms with Crippen LogP contribution in [-0.4, -0.2) is 83.1 Å². The van der Waals surface area contributed by atoms with Crippen LogP contribution in [0.4, 0.5) is 16.8 Å². The number of hydrogen-bond donors (Lipinski definition) is 6. The summed E-state index contributed by atoms with van der Waals surface area (Å²) >= 11 is 3.34. The lowest BCUT2D eigenvalue weighted by Gasteiger charge is -2.50. The first-order valence-corrected chi connectivity index (χ1v) is 16.4. The number of fused-ring (bicyclic) bond motifs is 1. The van der Waals surface area contributed by atoms with Crippen molar-refractivity contribution in [2.75, 3.05) is 28.7 Å². The average molecular weight is 702 g/mol. The van der Waals surface area contributed by atoms with Gasteiger partial charge in [-0.2, -0.15) is 4.57 Å². The molecule has 0 radical (unpaired) electrons. The molecule has 20 heteroatoms. The van der Waals surface area contributed by atoms with Gasteiger partial charge in [0.15, 0.2) is 10.8 Å². The highest BCUT2D eigenvalue weighted by Crippen LogP contribution is 2.41. The molecule has 9 N–H and O–H groups in total. The summed E-state index contributed by atoms with van der Waals surface area (Å²) in [7, 11) is 0. The first kappa shape index (κ1) is 33.3. The van der Waals surface area contributed by atoms with Crippen LogP contribution in [0.25, 0.3) is 5.69 Å². The van der Waals surface area contributed by atoms with Crippen molar-refractivity contribution < 1.29 is 43.9 Å². The highest BCUT2D eigenvalue weighted by molar-refractivity contribution is 8.01. The monoisotopic (exact) mass is 701 g/mol. The van der Waals surface area contributed by atoms with Gasteiger partial charge in [-0.05, 0) is 55.4 Å². The summed E-state index contributed by atoms with van der Waals surface area (Å²) in [5.41, 5.74) is 16.2. The Labute approximate surface area is 278 Å². The molecule has 17 nitrogen and oxygen atoms in total. The Hall–Kier alpha value is -5.08. The van der Waals surface area contributed by atoms with E-state index >= 15 is 0 Å². The van der Waals surface area contributed by atoms with Crippen LogP contribution in [0.15, 0.2) is 57.3 Å². The lowest BCUT2D eigenvalue weighted by molar-refractivity contribution is -0.626. The number of phenols is 1. The van der Waals surface area contributed by atoms with Gasteiger partial charge in [-0.3, -0.25) is 14.5 Å². The minimum Gasteiger partial charge on any atom is -0.543 e. The Balaban J connectivity index is 1.36. The summed E-state index contributed by atoms with van der Waals surface area (Å²) in [6.07, 6.45) is 0. The number of hydrogen-bond acceptors (Lipinski definition) is 16. The topological polar surface area (TPSA) is 276 Å². The van der Waals surface area contributed by atoms with Gasteiger partial charge in [0.05, 0.1) is 17.7 Å². The number of aromatic hydroxyl groups is 1. The van der Waals surface area contributed by atoms with E-state index in [2.05, 4.69) is 20.4 Å². The molecule has 0 spiro atoms. The summed E-state index contributed by atoms with van der Waals surface area (Å²) in [5.74, 6) is -3.92. The van der Waals surface area contributed by atoms with Crippen LogP contribution in [0.1, 0.15) is 19.5 Å². The minimum atomic E-state index is -1.80. The molecule has 2 aliphatic rings. The molecule has 2 atom stereocenters. The number of thiazole rings is 1. The molecule has 1 fully saturated rings. The highest BCUT2D eigenvalue weighted by Gasteiger charge is 2.53. The smallest absolute Gasteiger partial charge is 0.350 e. The predicted octanol–water partition coefficient (Wildman–Crippen LogP) is -0.953. The third kappa shape index (κ3) is 6.74. The van der Waals surface area contributed by atoms with Gasteiger partial charge in [0.2, 0.25) is 17.2 Å². The van der Waals surface area contributed by atoms with Crippen LogP contribution in [0, 0.1) is 0 Å². The quantitative estimate of drug-likeness (QED) is 0.0351. The first-order chi connectivity index (χ1) is 22.2. The number of benzene rings is 1. The lowest BCUT2D eigenvalue weighted by atomic mass is 10.0. The summed E-state index contributed by atoms with van der Waals surface area (Å²) in [6, 6.07) is 6.47. The summed E-state index contributed by atoms with van der Waals surface area (Å²) in [5, 5.41) is 38.7. The van der Waals surface area contributed by atoms with E-state index in [1.807, 2.05) is 0 Å². The van der Waals surface area contributed by atoms with Crippen molar-refractivity contribution in [2.24, 2.45) is 5.16 Å². The number of carbonyl (C=O) groups excluding carboxylic acids is 3. The molecule has 2 unspecified atom stereocenters. The number of nitrogens with one attached hydrogen (secondary N) is 1. The fourth-order valence-electron chi connectivity index (χ4n) is 4.42. The zero-order valence-electron chi connectivity index (χ0n) is 24.6. The Kier molecular flexibility index (Phi) is 9.18. The fraction of sp³-hybridized carbons (Fsp3) is 0.259. The second-order valence-corrected chi connectivity index (χ2v) is 13.5. The molecule has 4 heterocycles. The number of oxime groups is 1. The highest BCUT2D eigenvalue weighted by atomic mass is 32.2. The number of phenolic OH excluding ortho intramolecular Hbond substituents is 1. The van der Waals surface area contributed by atoms with Gasteiger partial charge in [-0.1, -0.05) is 10.1 Å². The van der Waals surface area contributed by atoms with Gasteiger partial charge < -0.3 is 47.5 Å². The molecule has 3 aromatic rings. The summed E-state index contributed by atoms with van der Waals surface area (Å²) in [6.45, 7) is 2.45. The maximum atomic E-state index is 13.3. The zero-order chi connectivity index (χ0) is 34.2. The van der Waals surface area contributed by atoms with Gasteiger partial charge in [0.25, 0.3) is 11.8 Å². The number of nitrogen functional groups attached to an aromatic ring is 3. The van der Waals surface area contributed by atoms with Crippen LogP contribution in [-0.2, 0) is 24.0 Å². The number of thioether (sulfide) groups is 2. The molecule has 5 rings (SSSR count).